The molecular weight excluding hydrogens is 194 g/mol. The van der Waals surface area contributed by atoms with E-state index in [9.17, 15) is 4.79 Å². The Morgan fingerprint density at radius 3 is 3.13 bits per heavy atom. The van der Waals surface area contributed by atoms with E-state index < -0.39 is 6.04 Å². The summed E-state index contributed by atoms with van der Waals surface area (Å²) in [5, 5.41) is 6.23. The van der Waals surface area contributed by atoms with Crippen molar-refractivity contribution in [2.45, 2.75) is 38.8 Å². The molecule has 1 rings (SSSR count). The van der Waals surface area contributed by atoms with Crippen molar-refractivity contribution >= 4 is 5.91 Å². The fourth-order valence-corrected chi connectivity index (χ4v) is 1.19. The summed E-state index contributed by atoms with van der Waals surface area (Å²) in [7, 11) is 0. The van der Waals surface area contributed by atoms with E-state index in [4.69, 9.17) is 10.3 Å². The molecule has 0 spiro atoms. The molecule has 0 bridgehead atoms. The molecule has 1 atom stereocenters. The molecule has 0 aliphatic carbocycles. The molecule has 5 nitrogen and oxygen atoms in total. The number of rotatable bonds is 6. The van der Waals surface area contributed by atoms with Crippen molar-refractivity contribution < 1.29 is 9.32 Å². The maximum atomic E-state index is 11.4. The molecule has 3 N–H and O–H groups in total. The van der Waals surface area contributed by atoms with Crippen molar-refractivity contribution in [3.8, 4) is 0 Å². The van der Waals surface area contributed by atoms with Crippen LogP contribution in [0.2, 0.25) is 0 Å². The lowest BCUT2D eigenvalue weighted by Crippen LogP contribution is -2.40. The number of carbonyl (C=O) groups is 1. The second-order valence-electron chi connectivity index (χ2n) is 3.45. The van der Waals surface area contributed by atoms with Crippen molar-refractivity contribution in [3.05, 3.63) is 18.0 Å². The number of nitrogens with two attached hydrogens (primary N) is 1. The molecule has 0 fully saturated rings. The molecule has 84 valence electrons. The summed E-state index contributed by atoms with van der Waals surface area (Å²) in [5.74, 6) is 0.492. The number of aromatic nitrogens is 1. The molecule has 0 saturated heterocycles. The number of unbranched alkanes of at least 4 members (excludes halogenated alkanes) is 1. The third kappa shape index (κ3) is 4.12. The number of amides is 1. The first kappa shape index (κ1) is 11.7. The van der Waals surface area contributed by atoms with Gasteiger partial charge in [-0.1, -0.05) is 24.9 Å². The second-order valence-corrected chi connectivity index (χ2v) is 3.45. The van der Waals surface area contributed by atoms with Crippen molar-refractivity contribution in [1.29, 1.82) is 0 Å². The minimum Gasteiger partial charge on any atom is -0.360 e. The van der Waals surface area contributed by atoms with E-state index in [1.807, 2.05) is 0 Å². The van der Waals surface area contributed by atoms with E-state index in [0.717, 1.165) is 19.3 Å². The summed E-state index contributed by atoms with van der Waals surface area (Å²) in [6.07, 6.45) is 4.28. The van der Waals surface area contributed by atoms with E-state index in [2.05, 4.69) is 17.4 Å². The van der Waals surface area contributed by atoms with Gasteiger partial charge in [0.2, 0.25) is 5.91 Å². The van der Waals surface area contributed by atoms with Crippen molar-refractivity contribution in [2.75, 3.05) is 0 Å². The Bertz CT molecular complexity index is 285. The Hall–Kier alpha value is -1.36. The topological polar surface area (TPSA) is 81.2 Å². The van der Waals surface area contributed by atoms with Crippen molar-refractivity contribution in [3.63, 3.8) is 0 Å². The third-order valence-electron chi connectivity index (χ3n) is 2.13. The normalized spacial score (nSPS) is 12.4. The molecule has 0 saturated carbocycles. The lowest BCUT2D eigenvalue weighted by molar-refractivity contribution is -0.122. The molecular formula is C10H17N3O2. The van der Waals surface area contributed by atoms with E-state index in [0.29, 0.717) is 12.3 Å². The van der Waals surface area contributed by atoms with Crippen LogP contribution >= 0.6 is 0 Å². The lowest BCUT2D eigenvalue weighted by Gasteiger charge is -2.10. The zero-order valence-electron chi connectivity index (χ0n) is 8.90. The zero-order chi connectivity index (χ0) is 11.1. The van der Waals surface area contributed by atoms with Crippen LogP contribution in [0.5, 0.6) is 0 Å². The monoisotopic (exact) mass is 211 g/mol. The van der Waals surface area contributed by atoms with Gasteiger partial charge in [-0.05, 0) is 6.42 Å². The molecule has 1 heterocycles. The quantitative estimate of drug-likeness (QED) is 0.729. The average molecular weight is 211 g/mol. The van der Waals surface area contributed by atoms with Crippen molar-refractivity contribution in [1.82, 2.24) is 10.5 Å². The number of carbonyl (C=O) groups excluding carboxylic acids is 1. The van der Waals surface area contributed by atoms with E-state index in [-0.39, 0.29) is 5.91 Å². The van der Waals surface area contributed by atoms with Gasteiger partial charge in [0, 0.05) is 6.07 Å². The van der Waals surface area contributed by atoms with E-state index in [1.165, 1.54) is 0 Å². The van der Waals surface area contributed by atoms with Gasteiger partial charge in [-0.3, -0.25) is 4.79 Å². The average Bonchev–Trinajstić information content (AvgIpc) is 2.75. The Balaban J connectivity index is 2.23. The third-order valence-corrected chi connectivity index (χ3v) is 2.13. The highest BCUT2D eigenvalue weighted by molar-refractivity contribution is 5.81. The summed E-state index contributed by atoms with van der Waals surface area (Å²) in [4.78, 5) is 11.4. The minimum atomic E-state index is -0.423. The first-order chi connectivity index (χ1) is 7.24. The Morgan fingerprint density at radius 1 is 1.73 bits per heavy atom. The van der Waals surface area contributed by atoms with Gasteiger partial charge in [0.25, 0.3) is 0 Å². The lowest BCUT2D eigenvalue weighted by atomic mass is 10.1. The van der Waals surface area contributed by atoms with Crippen LogP contribution in [0, 0.1) is 0 Å². The molecule has 0 radical (unpaired) electrons. The predicted octanol–water partition coefficient (Wildman–Crippen LogP) is 0.808. The zero-order valence-corrected chi connectivity index (χ0v) is 8.90. The number of hydrogen-bond acceptors (Lipinski definition) is 4. The van der Waals surface area contributed by atoms with Crippen LogP contribution in [0.15, 0.2) is 16.8 Å². The van der Waals surface area contributed by atoms with Crippen LogP contribution < -0.4 is 11.1 Å². The molecule has 15 heavy (non-hydrogen) atoms. The van der Waals surface area contributed by atoms with Gasteiger partial charge in [-0.15, -0.1) is 0 Å². The van der Waals surface area contributed by atoms with Crippen LogP contribution in [0.1, 0.15) is 31.9 Å². The largest absolute Gasteiger partial charge is 0.360 e. The minimum absolute atomic E-state index is 0.139. The Kier molecular flexibility index (Phi) is 4.83. The highest BCUT2D eigenvalue weighted by Gasteiger charge is 2.12. The first-order valence-electron chi connectivity index (χ1n) is 5.17. The van der Waals surface area contributed by atoms with E-state index >= 15 is 0 Å². The van der Waals surface area contributed by atoms with Gasteiger partial charge < -0.3 is 15.6 Å². The van der Waals surface area contributed by atoms with Crippen LogP contribution in [0.3, 0.4) is 0 Å². The molecule has 1 aromatic heterocycles. The second kappa shape index (κ2) is 6.19. The van der Waals surface area contributed by atoms with Crippen LogP contribution in [0.25, 0.3) is 0 Å². The SMILES string of the molecule is CCCC[C@H](N)C(=O)NCc1ccno1. The van der Waals surface area contributed by atoms with Gasteiger partial charge in [0.15, 0.2) is 5.76 Å². The van der Waals surface area contributed by atoms with E-state index in [1.54, 1.807) is 12.3 Å². The summed E-state index contributed by atoms with van der Waals surface area (Å²) in [5.41, 5.74) is 5.68. The standard InChI is InChI=1S/C10H17N3O2/c1-2-3-4-9(11)10(14)12-7-8-5-6-13-15-8/h5-6,9H,2-4,7,11H2,1H3,(H,12,14)/t9-/m0/s1. The smallest absolute Gasteiger partial charge is 0.237 e. The van der Waals surface area contributed by atoms with Gasteiger partial charge in [0.1, 0.15) is 0 Å². The molecule has 0 aliphatic heterocycles. The first-order valence-corrected chi connectivity index (χ1v) is 5.17. The molecule has 0 aliphatic rings. The highest BCUT2D eigenvalue weighted by atomic mass is 16.5. The maximum Gasteiger partial charge on any atom is 0.237 e. The van der Waals surface area contributed by atoms with Gasteiger partial charge in [-0.25, -0.2) is 0 Å². The molecule has 0 unspecified atom stereocenters. The fraction of sp³-hybridized carbons (Fsp3) is 0.600. The molecule has 5 heteroatoms. The Morgan fingerprint density at radius 2 is 2.53 bits per heavy atom. The number of nitrogens with zero attached hydrogens (tertiary/aromatic N) is 1. The predicted molar refractivity (Wildman–Crippen MR) is 55.9 cm³/mol. The van der Waals surface area contributed by atoms with Gasteiger partial charge in [0.05, 0.1) is 18.8 Å². The van der Waals surface area contributed by atoms with Crippen LogP contribution in [0.4, 0.5) is 0 Å². The van der Waals surface area contributed by atoms with Crippen LogP contribution in [-0.4, -0.2) is 17.1 Å². The van der Waals surface area contributed by atoms with Gasteiger partial charge >= 0.3 is 0 Å². The molecule has 1 amide bonds. The Labute approximate surface area is 89.0 Å². The summed E-state index contributed by atoms with van der Waals surface area (Å²) in [6.45, 7) is 2.41. The van der Waals surface area contributed by atoms with Crippen LogP contribution in [-0.2, 0) is 11.3 Å². The van der Waals surface area contributed by atoms with Gasteiger partial charge in [-0.2, -0.15) is 0 Å². The summed E-state index contributed by atoms with van der Waals surface area (Å²) in [6, 6.07) is 1.28. The van der Waals surface area contributed by atoms with Crippen molar-refractivity contribution in [2.24, 2.45) is 5.73 Å². The summed E-state index contributed by atoms with van der Waals surface area (Å²) >= 11 is 0. The molecule has 0 aromatic carbocycles. The highest BCUT2D eigenvalue weighted by Crippen LogP contribution is 1.99. The maximum absolute atomic E-state index is 11.4. The molecule has 1 aromatic rings. The number of nitrogens with one attached hydrogen (secondary N) is 1. The number of hydrogen-bond donors (Lipinski definition) is 2. The fourth-order valence-electron chi connectivity index (χ4n) is 1.19. The summed E-state index contributed by atoms with van der Waals surface area (Å²) < 4.78 is 4.84.